The van der Waals surface area contributed by atoms with E-state index in [9.17, 15) is 0 Å². The summed E-state index contributed by atoms with van der Waals surface area (Å²) in [5.41, 5.74) is 1.31. The number of hydrogen-bond acceptors (Lipinski definition) is 4. The highest BCUT2D eigenvalue weighted by Crippen LogP contribution is 2.33. The average Bonchev–Trinajstić information content (AvgIpc) is 2.62. The van der Waals surface area contributed by atoms with Crippen molar-refractivity contribution < 1.29 is 9.47 Å². The van der Waals surface area contributed by atoms with Gasteiger partial charge in [-0.25, -0.2) is 0 Å². The molecule has 15 heavy (non-hydrogen) atoms. The van der Waals surface area contributed by atoms with Gasteiger partial charge in [-0.15, -0.1) is 11.3 Å². The molecule has 1 aromatic heterocycles. The second-order valence-corrected chi connectivity index (χ2v) is 5.12. The molecular weight excluding hydrogens is 210 g/mol. The second kappa shape index (κ2) is 3.87. The van der Waals surface area contributed by atoms with Crippen molar-refractivity contribution >= 4 is 11.3 Å². The minimum Gasteiger partial charge on any atom is -0.377 e. The van der Waals surface area contributed by atoms with Crippen molar-refractivity contribution in [3.05, 3.63) is 21.9 Å². The lowest BCUT2D eigenvalue weighted by atomic mass is 9.88. The monoisotopic (exact) mass is 225 g/mol. The van der Waals surface area contributed by atoms with Gasteiger partial charge in [0.05, 0.1) is 32.0 Å². The lowest BCUT2D eigenvalue weighted by Crippen LogP contribution is -2.52. The van der Waals surface area contributed by atoms with E-state index in [1.165, 1.54) is 10.4 Å². The highest BCUT2D eigenvalue weighted by Gasteiger charge is 2.38. The van der Waals surface area contributed by atoms with Crippen LogP contribution in [-0.2, 0) is 21.4 Å². The molecule has 1 fully saturated rings. The molecule has 1 N–H and O–H groups in total. The highest BCUT2D eigenvalue weighted by atomic mass is 32.1. The Hall–Kier alpha value is -0.420. The van der Waals surface area contributed by atoms with Crippen LogP contribution in [0.2, 0.25) is 0 Å². The van der Waals surface area contributed by atoms with E-state index in [4.69, 9.17) is 9.47 Å². The second-order valence-electron chi connectivity index (χ2n) is 4.12. The third-order valence-electron chi connectivity index (χ3n) is 3.15. The molecule has 1 aromatic rings. The molecule has 3 nitrogen and oxygen atoms in total. The predicted octanol–water partition coefficient (Wildman–Crippen LogP) is 1.14. The Labute approximate surface area is 93.4 Å². The van der Waals surface area contributed by atoms with E-state index in [2.05, 4.69) is 16.8 Å². The largest absolute Gasteiger partial charge is 0.377 e. The number of nitrogens with one attached hydrogen (secondary N) is 1. The van der Waals surface area contributed by atoms with Crippen LogP contribution >= 0.6 is 11.3 Å². The molecule has 1 saturated heterocycles. The third kappa shape index (κ3) is 1.61. The van der Waals surface area contributed by atoms with Crippen LogP contribution in [0.5, 0.6) is 0 Å². The zero-order valence-electron chi connectivity index (χ0n) is 8.62. The van der Waals surface area contributed by atoms with Gasteiger partial charge in [-0.3, -0.25) is 0 Å². The summed E-state index contributed by atoms with van der Waals surface area (Å²) < 4.78 is 11.3. The summed E-state index contributed by atoms with van der Waals surface area (Å²) in [7, 11) is 0. The van der Waals surface area contributed by atoms with Crippen LogP contribution in [0.25, 0.3) is 0 Å². The van der Waals surface area contributed by atoms with Crippen LogP contribution in [0, 0.1) is 0 Å². The van der Waals surface area contributed by atoms with E-state index in [1.807, 2.05) is 11.3 Å². The Morgan fingerprint density at radius 2 is 2.07 bits per heavy atom. The number of ether oxygens (including phenoxy) is 2. The highest BCUT2D eigenvalue weighted by molar-refractivity contribution is 7.10. The molecular formula is C11H15NO2S. The molecule has 2 aliphatic heterocycles. The summed E-state index contributed by atoms with van der Waals surface area (Å²) in [4.78, 5) is 1.49. The van der Waals surface area contributed by atoms with Crippen LogP contribution in [0.15, 0.2) is 11.4 Å². The van der Waals surface area contributed by atoms with Gasteiger partial charge in [-0.1, -0.05) is 0 Å². The summed E-state index contributed by atoms with van der Waals surface area (Å²) >= 11 is 1.85. The van der Waals surface area contributed by atoms with Crippen molar-refractivity contribution in [2.45, 2.75) is 12.0 Å². The maximum Gasteiger partial charge on any atom is 0.0919 e. The van der Waals surface area contributed by atoms with E-state index in [0.29, 0.717) is 13.2 Å². The van der Waals surface area contributed by atoms with Gasteiger partial charge in [0.1, 0.15) is 0 Å². The zero-order chi connectivity index (χ0) is 10.1. The van der Waals surface area contributed by atoms with Crippen LogP contribution < -0.4 is 5.32 Å². The molecule has 2 aliphatic rings. The van der Waals surface area contributed by atoms with Crippen molar-refractivity contribution in [2.24, 2.45) is 0 Å². The topological polar surface area (TPSA) is 30.5 Å². The van der Waals surface area contributed by atoms with Gasteiger partial charge in [0.25, 0.3) is 0 Å². The SMILES string of the molecule is c1cc2c(s1)CCNC21COCCOC1. The molecule has 0 amide bonds. The molecule has 0 radical (unpaired) electrons. The normalized spacial score (nSPS) is 24.8. The quantitative estimate of drug-likeness (QED) is 0.718. The summed E-state index contributed by atoms with van der Waals surface area (Å²) in [6.07, 6.45) is 1.13. The summed E-state index contributed by atoms with van der Waals surface area (Å²) in [6, 6.07) is 2.21. The molecule has 3 heterocycles. The summed E-state index contributed by atoms with van der Waals surface area (Å²) in [6.45, 7) is 3.92. The minimum atomic E-state index is -0.0793. The Balaban J connectivity index is 1.98. The number of hydrogen-bond donors (Lipinski definition) is 1. The first kappa shape index (κ1) is 9.78. The molecule has 0 aromatic carbocycles. The van der Waals surface area contributed by atoms with Crippen LogP contribution in [0.3, 0.4) is 0 Å². The molecule has 0 unspecified atom stereocenters. The molecule has 0 aliphatic carbocycles. The lowest BCUT2D eigenvalue weighted by molar-refractivity contribution is 0.0808. The first-order valence-electron chi connectivity index (χ1n) is 5.38. The van der Waals surface area contributed by atoms with Gasteiger partial charge in [0, 0.05) is 11.4 Å². The summed E-state index contributed by atoms with van der Waals surface area (Å²) in [5, 5.41) is 5.74. The average molecular weight is 225 g/mol. The van der Waals surface area contributed by atoms with Crippen molar-refractivity contribution in [3.8, 4) is 0 Å². The van der Waals surface area contributed by atoms with Crippen LogP contribution in [0.1, 0.15) is 10.4 Å². The molecule has 0 saturated carbocycles. The maximum atomic E-state index is 5.63. The predicted molar refractivity (Wildman–Crippen MR) is 59.3 cm³/mol. The minimum absolute atomic E-state index is 0.0793. The van der Waals surface area contributed by atoms with Gasteiger partial charge >= 0.3 is 0 Å². The first-order chi connectivity index (χ1) is 7.41. The van der Waals surface area contributed by atoms with Crippen molar-refractivity contribution in [1.29, 1.82) is 0 Å². The Bertz CT molecular complexity index is 342. The molecule has 3 rings (SSSR count). The fourth-order valence-corrected chi connectivity index (χ4v) is 3.36. The number of thiophene rings is 1. The molecule has 1 spiro atoms. The third-order valence-corrected chi connectivity index (χ3v) is 4.13. The van der Waals surface area contributed by atoms with E-state index < -0.39 is 0 Å². The van der Waals surface area contributed by atoms with E-state index >= 15 is 0 Å². The molecule has 82 valence electrons. The maximum absolute atomic E-state index is 5.63. The fourth-order valence-electron chi connectivity index (χ4n) is 2.38. The Morgan fingerprint density at radius 3 is 2.87 bits per heavy atom. The number of fused-ring (bicyclic) bond motifs is 2. The smallest absolute Gasteiger partial charge is 0.0919 e. The molecule has 4 heteroatoms. The first-order valence-corrected chi connectivity index (χ1v) is 6.26. The van der Waals surface area contributed by atoms with Crippen molar-refractivity contribution in [1.82, 2.24) is 5.32 Å². The molecule has 0 atom stereocenters. The molecule has 0 bridgehead atoms. The van der Waals surface area contributed by atoms with Crippen molar-refractivity contribution in [3.63, 3.8) is 0 Å². The Morgan fingerprint density at radius 1 is 1.27 bits per heavy atom. The van der Waals surface area contributed by atoms with Gasteiger partial charge < -0.3 is 14.8 Å². The number of rotatable bonds is 0. The van der Waals surface area contributed by atoms with Gasteiger partial charge in [0.15, 0.2) is 0 Å². The fraction of sp³-hybridized carbons (Fsp3) is 0.636. The zero-order valence-corrected chi connectivity index (χ0v) is 9.44. The lowest BCUT2D eigenvalue weighted by Gasteiger charge is -2.36. The van der Waals surface area contributed by atoms with Gasteiger partial charge in [-0.05, 0) is 23.4 Å². The van der Waals surface area contributed by atoms with Crippen molar-refractivity contribution in [2.75, 3.05) is 33.0 Å². The summed E-state index contributed by atoms with van der Waals surface area (Å²) in [5.74, 6) is 0. The van der Waals surface area contributed by atoms with Gasteiger partial charge in [0.2, 0.25) is 0 Å². The van der Waals surface area contributed by atoms with E-state index in [0.717, 1.165) is 26.2 Å². The standard InChI is InChI=1S/C11H15NO2S/c1-3-12-11(7-13-4-5-14-8-11)9-2-6-15-10(1)9/h2,6,12H,1,3-5,7-8H2. The Kier molecular flexibility index (Phi) is 2.52. The van der Waals surface area contributed by atoms with Crippen LogP contribution in [-0.4, -0.2) is 33.0 Å². The van der Waals surface area contributed by atoms with Crippen LogP contribution in [0.4, 0.5) is 0 Å². The van der Waals surface area contributed by atoms with E-state index in [1.54, 1.807) is 0 Å². The van der Waals surface area contributed by atoms with E-state index in [-0.39, 0.29) is 5.54 Å². The van der Waals surface area contributed by atoms with Gasteiger partial charge in [-0.2, -0.15) is 0 Å².